The Morgan fingerprint density at radius 3 is 2.81 bits per heavy atom. The van der Waals surface area contributed by atoms with Gasteiger partial charge in [0, 0.05) is 28.1 Å². The Morgan fingerprint density at radius 2 is 2.00 bits per heavy atom. The molecule has 0 bridgehead atoms. The molecule has 2 aromatic carbocycles. The molecular weight excluding hydrogens is 324 g/mol. The summed E-state index contributed by atoms with van der Waals surface area (Å²) in [6.45, 7) is 11.7. The Labute approximate surface area is 151 Å². The van der Waals surface area contributed by atoms with Gasteiger partial charge in [0.15, 0.2) is 6.20 Å². The summed E-state index contributed by atoms with van der Waals surface area (Å²) in [5.74, 6) is 1.71. The van der Waals surface area contributed by atoms with Crippen LogP contribution in [0.1, 0.15) is 16.7 Å². The van der Waals surface area contributed by atoms with Crippen molar-refractivity contribution in [3.05, 3.63) is 64.8 Å². The highest BCUT2D eigenvalue weighted by atomic mass is 16.5. The fraction of sp³-hybridized carbons (Fsp3) is 0.182. The molecule has 4 nitrogen and oxygen atoms in total. The molecule has 3 heterocycles. The Kier molecular flexibility index (Phi) is 2.93. The van der Waals surface area contributed by atoms with Gasteiger partial charge in [-0.3, -0.25) is 0 Å². The lowest BCUT2D eigenvalue weighted by Gasteiger charge is -2.23. The second-order valence-electron chi connectivity index (χ2n) is 6.87. The van der Waals surface area contributed by atoms with Crippen molar-refractivity contribution in [2.75, 3.05) is 0 Å². The minimum atomic E-state index is 0.355. The van der Waals surface area contributed by atoms with Crippen LogP contribution in [-0.2, 0) is 13.6 Å². The SMILES string of the molecule is [C-]#[N+]Cc1cc2c3c([n+](C)ccc3c1)-c1c(c(C)c3ccoc3c1C)O2. The van der Waals surface area contributed by atoms with Crippen LogP contribution in [0.3, 0.4) is 0 Å². The zero-order valence-electron chi connectivity index (χ0n) is 14.9. The molecule has 0 saturated carbocycles. The number of ether oxygens (including phenoxy) is 1. The van der Waals surface area contributed by atoms with Crippen molar-refractivity contribution in [2.45, 2.75) is 20.4 Å². The normalized spacial score (nSPS) is 12.1. The second-order valence-corrected chi connectivity index (χ2v) is 6.87. The van der Waals surface area contributed by atoms with Crippen molar-refractivity contribution in [1.29, 1.82) is 0 Å². The Bertz CT molecular complexity index is 1280. The molecule has 26 heavy (non-hydrogen) atoms. The van der Waals surface area contributed by atoms with E-state index in [1.165, 1.54) is 0 Å². The third-order valence-corrected chi connectivity index (χ3v) is 5.32. The Hall–Kier alpha value is -3.32. The number of hydrogen-bond acceptors (Lipinski definition) is 2. The number of aryl methyl sites for hydroxylation is 3. The molecule has 4 heteroatoms. The molecule has 4 aromatic rings. The second kappa shape index (κ2) is 5.09. The van der Waals surface area contributed by atoms with Crippen molar-refractivity contribution in [1.82, 2.24) is 0 Å². The first-order valence-electron chi connectivity index (χ1n) is 8.57. The molecule has 0 saturated heterocycles. The molecule has 1 aliphatic rings. The highest BCUT2D eigenvalue weighted by Crippen LogP contribution is 2.50. The summed E-state index contributed by atoms with van der Waals surface area (Å²) in [6.07, 6.45) is 3.80. The minimum absolute atomic E-state index is 0.355. The van der Waals surface area contributed by atoms with Gasteiger partial charge in [0.1, 0.15) is 24.1 Å². The molecule has 1 aliphatic heterocycles. The summed E-state index contributed by atoms with van der Waals surface area (Å²) >= 11 is 0. The van der Waals surface area contributed by atoms with Crippen LogP contribution in [0.25, 0.3) is 37.8 Å². The predicted octanol–water partition coefficient (Wildman–Crippen LogP) is 5.22. The van der Waals surface area contributed by atoms with Crippen LogP contribution in [0.5, 0.6) is 11.5 Å². The van der Waals surface area contributed by atoms with E-state index in [1.54, 1.807) is 6.26 Å². The summed E-state index contributed by atoms with van der Waals surface area (Å²) in [6, 6.07) is 8.16. The third kappa shape index (κ3) is 1.80. The first-order valence-corrected chi connectivity index (χ1v) is 8.57. The molecule has 0 unspecified atom stereocenters. The van der Waals surface area contributed by atoms with Crippen LogP contribution in [-0.4, -0.2) is 0 Å². The molecule has 0 aliphatic carbocycles. The van der Waals surface area contributed by atoms with E-state index in [0.29, 0.717) is 6.54 Å². The number of fused-ring (bicyclic) bond motifs is 3. The lowest BCUT2D eigenvalue weighted by Crippen LogP contribution is -2.32. The highest BCUT2D eigenvalue weighted by Gasteiger charge is 2.32. The summed E-state index contributed by atoms with van der Waals surface area (Å²) in [5.41, 5.74) is 6.27. The van der Waals surface area contributed by atoms with E-state index in [1.807, 2.05) is 12.1 Å². The van der Waals surface area contributed by atoms with Crippen LogP contribution in [0, 0.1) is 20.4 Å². The van der Waals surface area contributed by atoms with Gasteiger partial charge in [0.05, 0.1) is 17.2 Å². The number of hydrogen-bond donors (Lipinski definition) is 0. The van der Waals surface area contributed by atoms with E-state index in [4.69, 9.17) is 15.7 Å². The third-order valence-electron chi connectivity index (χ3n) is 5.32. The van der Waals surface area contributed by atoms with E-state index in [2.05, 4.69) is 48.6 Å². The number of nitrogens with zero attached hydrogens (tertiary/aromatic N) is 2. The van der Waals surface area contributed by atoms with Crippen molar-refractivity contribution in [3.63, 3.8) is 0 Å². The standard InChI is InChI=1S/C22H17N2O2/c1-12-16-6-8-25-21(16)13(2)18-20-19-15(5-7-24(20)4)9-14(11-23-3)10-17(19)26-22(12)18/h5-10H,11H2,1-2,4H3/q+1. The van der Waals surface area contributed by atoms with Crippen LogP contribution in [0.4, 0.5) is 0 Å². The average molecular weight is 341 g/mol. The number of furan rings is 1. The summed E-state index contributed by atoms with van der Waals surface area (Å²) in [7, 11) is 2.06. The monoisotopic (exact) mass is 341 g/mol. The number of aromatic nitrogens is 1. The fourth-order valence-corrected chi connectivity index (χ4v) is 4.10. The molecule has 0 spiro atoms. The molecule has 0 amide bonds. The topological polar surface area (TPSA) is 30.6 Å². The predicted molar refractivity (Wildman–Crippen MR) is 100 cm³/mol. The number of pyridine rings is 1. The van der Waals surface area contributed by atoms with Crippen molar-refractivity contribution >= 4 is 21.7 Å². The van der Waals surface area contributed by atoms with E-state index in [0.717, 1.165) is 61.2 Å². The highest BCUT2D eigenvalue weighted by molar-refractivity contribution is 6.05. The van der Waals surface area contributed by atoms with E-state index in [-0.39, 0.29) is 0 Å². The number of benzene rings is 2. The van der Waals surface area contributed by atoms with Crippen LogP contribution < -0.4 is 9.30 Å². The van der Waals surface area contributed by atoms with E-state index < -0.39 is 0 Å². The van der Waals surface area contributed by atoms with Crippen LogP contribution in [0.15, 0.2) is 41.1 Å². The molecule has 2 aromatic heterocycles. The fourth-order valence-electron chi connectivity index (χ4n) is 4.10. The molecule has 0 radical (unpaired) electrons. The molecule has 0 N–H and O–H groups in total. The van der Waals surface area contributed by atoms with Crippen molar-refractivity contribution in [3.8, 4) is 22.8 Å². The summed E-state index contributed by atoms with van der Waals surface area (Å²) in [5, 5.41) is 3.26. The van der Waals surface area contributed by atoms with Gasteiger partial charge in [-0.1, -0.05) is 0 Å². The lowest BCUT2D eigenvalue weighted by molar-refractivity contribution is -0.659. The quantitative estimate of drug-likeness (QED) is 0.309. The first kappa shape index (κ1) is 15.0. The van der Waals surface area contributed by atoms with Gasteiger partial charge in [0.25, 0.3) is 0 Å². The first-order chi connectivity index (χ1) is 12.6. The Morgan fingerprint density at radius 1 is 1.15 bits per heavy atom. The maximum Gasteiger partial charge on any atom is 0.239 e. The maximum atomic E-state index is 7.19. The minimum Gasteiger partial charge on any atom is -0.464 e. The molecule has 5 rings (SSSR count). The summed E-state index contributed by atoms with van der Waals surface area (Å²) < 4.78 is 14.3. The molecule has 0 fully saturated rings. The van der Waals surface area contributed by atoms with Gasteiger partial charge >= 0.3 is 0 Å². The molecule has 0 atom stereocenters. The van der Waals surface area contributed by atoms with Gasteiger partial charge in [-0.2, -0.15) is 0 Å². The zero-order valence-corrected chi connectivity index (χ0v) is 14.9. The van der Waals surface area contributed by atoms with E-state index in [9.17, 15) is 0 Å². The van der Waals surface area contributed by atoms with E-state index >= 15 is 0 Å². The van der Waals surface area contributed by atoms with Gasteiger partial charge in [0.2, 0.25) is 12.2 Å². The van der Waals surface area contributed by atoms with Crippen LogP contribution in [0.2, 0.25) is 0 Å². The zero-order chi connectivity index (χ0) is 18.0. The van der Waals surface area contributed by atoms with Crippen molar-refractivity contribution < 1.29 is 13.7 Å². The van der Waals surface area contributed by atoms with Crippen molar-refractivity contribution in [2.24, 2.45) is 7.05 Å². The Balaban J connectivity index is 1.97. The van der Waals surface area contributed by atoms with Gasteiger partial charge in [-0.05, 0) is 37.4 Å². The van der Waals surface area contributed by atoms with Gasteiger partial charge < -0.3 is 14.0 Å². The molecular formula is C22H17N2O2+. The summed E-state index contributed by atoms with van der Waals surface area (Å²) in [4.78, 5) is 3.53. The lowest BCUT2D eigenvalue weighted by atomic mass is 9.91. The largest absolute Gasteiger partial charge is 0.464 e. The average Bonchev–Trinajstić information content (AvgIpc) is 3.12. The smallest absolute Gasteiger partial charge is 0.239 e. The molecule has 126 valence electrons. The van der Waals surface area contributed by atoms with Gasteiger partial charge in [-0.25, -0.2) is 11.1 Å². The van der Waals surface area contributed by atoms with Crippen LogP contribution >= 0.6 is 0 Å². The maximum absolute atomic E-state index is 7.19. The number of rotatable bonds is 1. The van der Waals surface area contributed by atoms with Gasteiger partial charge in [-0.15, -0.1) is 0 Å².